The van der Waals surface area contributed by atoms with Crippen LogP contribution in [-0.4, -0.2) is 36.0 Å². The Kier molecular flexibility index (Phi) is 15.3. The van der Waals surface area contributed by atoms with Crippen LogP contribution in [0.4, 0.5) is 0 Å². The predicted molar refractivity (Wildman–Crippen MR) is 155 cm³/mol. The molecule has 2 aromatic rings. The van der Waals surface area contributed by atoms with E-state index in [9.17, 15) is 14.7 Å². The maximum atomic E-state index is 13.2. The van der Waals surface area contributed by atoms with Crippen molar-refractivity contribution in [3.8, 4) is 11.1 Å². The number of carboxylic acid groups (broad SMARTS) is 1. The first kappa shape index (κ1) is 33.5. The first-order chi connectivity index (χ1) is 18.4. The molecule has 3 rings (SSSR count). The van der Waals surface area contributed by atoms with E-state index < -0.39 is 17.9 Å². The SMILES string of the molecule is CSCC[C@H](NC(=O)c1ccc(COC(C)CCCCC2CCCCC2)cc1-c1ccccc1C)C(=O)[O-].[Li+]. The Hall–Kier alpha value is -1.71. The molecule has 0 saturated heterocycles. The van der Waals surface area contributed by atoms with Gasteiger partial charge >= 0.3 is 18.9 Å². The van der Waals surface area contributed by atoms with Crippen molar-refractivity contribution < 1.29 is 38.3 Å². The molecule has 0 aliphatic heterocycles. The average molecular weight is 546 g/mol. The number of carbonyl (C=O) groups is 2. The zero-order valence-corrected chi connectivity index (χ0v) is 25.1. The van der Waals surface area contributed by atoms with Gasteiger partial charge in [-0.05, 0) is 79.0 Å². The summed E-state index contributed by atoms with van der Waals surface area (Å²) in [6, 6.07) is 12.6. The fraction of sp³-hybridized carbons (Fsp3) is 0.562. The van der Waals surface area contributed by atoms with E-state index in [0.29, 0.717) is 24.3 Å². The molecule has 1 aliphatic carbocycles. The molecule has 0 aromatic heterocycles. The van der Waals surface area contributed by atoms with Crippen molar-refractivity contribution in [2.75, 3.05) is 12.0 Å². The zero-order valence-electron chi connectivity index (χ0n) is 24.3. The minimum absolute atomic E-state index is 0. The van der Waals surface area contributed by atoms with Gasteiger partial charge in [-0.15, -0.1) is 0 Å². The van der Waals surface area contributed by atoms with Gasteiger partial charge in [0.1, 0.15) is 0 Å². The zero-order chi connectivity index (χ0) is 27.3. The fourth-order valence-corrected chi connectivity index (χ4v) is 5.83. The summed E-state index contributed by atoms with van der Waals surface area (Å²) < 4.78 is 6.19. The van der Waals surface area contributed by atoms with E-state index in [2.05, 4.69) is 12.2 Å². The van der Waals surface area contributed by atoms with E-state index in [1.807, 2.05) is 49.6 Å². The minimum Gasteiger partial charge on any atom is -0.548 e. The van der Waals surface area contributed by atoms with Crippen LogP contribution in [0.5, 0.6) is 0 Å². The standard InChI is InChI=1S/C32H45NO4S.Li/c1-23-11-7-10-16-27(23)29-21-26(17-18-28(29)31(34)33-30(32(35)36)19-20-38-3)22-37-24(2)12-8-9-15-25-13-5-4-6-14-25;/h7,10-11,16-18,21,24-25,30H,4-6,8-9,12-15,19-20,22H2,1-3H3,(H,33,34)(H,35,36);/q;+1/p-1/t24?,30-;/m0./s1. The molecule has 5 nitrogen and oxygen atoms in total. The molecule has 7 heteroatoms. The van der Waals surface area contributed by atoms with Gasteiger partial charge in [-0.25, -0.2) is 0 Å². The molecular weight excluding hydrogens is 501 g/mol. The van der Waals surface area contributed by atoms with Gasteiger partial charge in [-0.2, -0.15) is 11.8 Å². The van der Waals surface area contributed by atoms with Gasteiger partial charge in [0, 0.05) is 5.56 Å². The molecule has 1 saturated carbocycles. The quantitative estimate of drug-likeness (QED) is 0.275. The Bertz CT molecular complexity index is 1040. The number of rotatable bonds is 15. The molecule has 1 N–H and O–H groups in total. The Labute approximate surface area is 251 Å². The largest absolute Gasteiger partial charge is 1.00 e. The summed E-state index contributed by atoms with van der Waals surface area (Å²) >= 11 is 1.54. The van der Waals surface area contributed by atoms with Crippen LogP contribution in [0.3, 0.4) is 0 Å². The predicted octanol–water partition coefficient (Wildman–Crippen LogP) is 3.31. The Morgan fingerprint density at radius 2 is 1.79 bits per heavy atom. The molecule has 1 fully saturated rings. The summed E-state index contributed by atoms with van der Waals surface area (Å²) in [7, 11) is 0. The van der Waals surface area contributed by atoms with Gasteiger partial charge in [0.25, 0.3) is 5.91 Å². The molecule has 208 valence electrons. The molecule has 2 atom stereocenters. The third-order valence-electron chi connectivity index (χ3n) is 7.70. The van der Waals surface area contributed by atoms with E-state index >= 15 is 0 Å². The van der Waals surface area contributed by atoms with Crippen molar-refractivity contribution in [3.63, 3.8) is 0 Å². The minimum atomic E-state index is -1.26. The van der Waals surface area contributed by atoms with Crippen LogP contribution >= 0.6 is 11.8 Å². The first-order valence-electron chi connectivity index (χ1n) is 14.2. The molecule has 1 amide bonds. The van der Waals surface area contributed by atoms with Crippen molar-refractivity contribution >= 4 is 23.6 Å². The number of unbranched alkanes of at least 4 members (excludes halogenated alkanes) is 1. The molecular formula is C32H44LiNO4S. The normalized spacial score (nSPS) is 15.3. The number of nitrogens with one attached hydrogen (secondary N) is 1. The van der Waals surface area contributed by atoms with Crippen LogP contribution in [0, 0.1) is 12.8 Å². The molecule has 0 spiro atoms. The van der Waals surface area contributed by atoms with E-state index in [-0.39, 0.29) is 25.0 Å². The van der Waals surface area contributed by atoms with Gasteiger partial charge in [-0.3, -0.25) is 4.79 Å². The van der Waals surface area contributed by atoms with Crippen LogP contribution in [0.15, 0.2) is 42.5 Å². The van der Waals surface area contributed by atoms with Gasteiger partial charge < -0.3 is 20.0 Å². The fourth-order valence-electron chi connectivity index (χ4n) is 5.36. The van der Waals surface area contributed by atoms with Crippen molar-refractivity contribution in [2.45, 2.75) is 96.8 Å². The summed E-state index contributed by atoms with van der Waals surface area (Å²) in [5.74, 6) is -0.110. The summed E-state index contributed by atoms with van der Waals surface area (Å²) in [5, 5.41) is 14.3. The number of hydrogen-bond acceptors (Lipinski definition) is 5. The Morgan fingerprint density at radius 1 is 1.05 bits per heavy atom. The van der Waals surface area contributed by atoms with Gasteiger partial charge in [0.15, 0.2) is 0 Å². The van der Waals surface area contributed by atoms with Crippen molar-refractivity contribution in [1.82, 2.24) is 5.32 Å². The molecule has 0 radical (unpaired) electrons. The summed E-state index contributed by atoms with van der Waals surface area (Å²) in [5.41, 5.74) is 4.22. The number of aliphatic carboxylic acids is 1. The van der Waals surface area contributed by atoms with Crippen molar-refractivity contribution in [2.24, 2.45) is 5.92 Å². The molecule has 1 unspecified atom stereocenters. The number of thioether (sulfide) groups is 1. The number of amides is 1. The van der Waals surface area contributed by atoms with Crippen LogP contribution in [0.2, 0.25) is 0 Å². The maximum Gasteiger partial charge on any atom is 1.00 e. The van der Waals surface area contributed by atoms with E-state index in [4.69, 9.17) is 4.74 Å². The van der Waals surface area contributed by atoms with Crippen LogP contribution in [-0.2, 0) is 16.1 Å². The summed E-state index contributed by atoms with van der Waals surface area (Å²) in [6.45, 7) is 4.62. The van der Waals surface area contributed by atoms with Crippen molar-refractivity contribution in [1.29, 1.82) is 0 Å². The third kappa shape index (κ3) is 11.0. The van der Waals surface area contributed by atoms with Crippen LogP contribution < -0.4 is 29.3 Å². The second-order valence-electron chi connectivity index (χ2n) is 10.7. The number of carbonyl (C=O) groups excluding carboxylic acids is 2. The maximum absolute atomic E-state index is 13.2. The number of hydrogen-bond donors (Lipinski definition) is 1. The van der Waals surface area contributed by atoms with Crippen LogP contribution in [0.1, 0.15) is 92.6 Å². The Balaban J connectivity index is 0.00000533. The van der Waals surface area contributed by atoms with Gasteiger partial charge in [0.05, 0.1) is 24.7 Å². The smallest absolute Gasteiger partial charge is 0.548 e. The second-order valence-corrected chi connectivity index (χ2v) is 11.7. The monoisotopic (exact) mass is 545 g/mol. The second kappa shape index (κ2) is 17.9. The molecule has 1 aliphatic rings. The van der Waals surface area contributed by atoms with E-state index in [1.54, 1.807) is 6.07 Å². The number of ether oxygens (including phenoxy) is 1. The first-order valence-corrected chi connectivity index (χ1v) is 15.6. The Morgan fingerprint density at radius 3 is 2.49 bits per heavy atom. The van der Waals surface area contributed by atoms with E-state index in [1.165, 1.54) is 63.1 Å². The summed E-state index contributed by atoms with van der Waals surface area (Å²) in [4.78, 5) is 24.8. The number of benzene rings is 2. The molecule has 0 heterocycles. The molecule has 0 bridgehead atoms. The van der Waals surface area contributed by atoms with Crippen molar-refractivity contribution in [3.05, 3.63) is 59.2 Å². The van der Waals surface area contributed by atoms with Crippen LogP contribution in [0.25, 0.3) is 11.1 Å². The molecule has 2 aromatic carbocycles. The van der Waals surface area contributed by atoms with Gasteiger partial charge in [0.2, 0.25) is 0 Å². The molecule has 39 heavy (non-hydrogen) atoms. The third-order valence-corrected chi connectivity index (χ3v) is 8.34. The number of aryl methyl sites for hydroxylation is 1. The van der Waals surface area contributed by atoms with E-state index in [0.717, 1.165) is 34.6 Å². The van der Waals surface area contributed by atoms with Gasteiger partial charge in [-0.1, -0.05) is 81.7 Å². The average Bonchev–Trinajstić information content (AvgIpc) is 2.92. The topological polar surface area (TPSA) is 78.5 Å². The number of carboxylic acids is 1. The summed E-state index contributed by atoms with van der Waals surface area (Å²) in [6.07, 6.45) is 14.3.